The van der Waals surface area contributed by atoms with Crippen LogP contribution in [0.25, 0.3) is 0 Å². The number of nitrogens with zero attached hydrogens (tertiary/aromatic N) is 2. The van der Waals surface area contributed by atoms with Gasteiger partial charge in [0.15, 0.2) is 0 Å². The molecule has 3 nitrogen and oxygen atoms in total. The number of nitrogens with one attached hydrogen (secondary N) is 1. The number of hydrogen-bond acceptors (Lipinski definition) is 3. The van der Waals surface area contributed by atoms with Crippen LogP contribution in [0.3, 0.4) is 0 Å². The van der Waals surface area contributed by atoms with Crippen LogP contribution in [-0.4, -0.2) is 30.2 Å². The van der Waals surface area contributed by atoms with Gasteiger partial charge in [-0.3, -0.25) is 0 Å². The lowest BCUT2D eigenvalue weighted by Gasteiger charge is -2.28. The highest BCUT2D eigenvalue weighted by Gasteiger charge is 2.35. The molecular weight excluding hydrogens is 186 g/mol. The summed E-state index contributed by atoms with van der Waals surface area (Å²) in [6.07, 6.45) is 5.80. The molecule has 80 valence electrons. The van der Waals surface area contributed by atoms with E-state index in [0.29, 0.717) is 12.1 Å². The van der Waals surface area contributed by atoms with E-state index in [2.05, 4.69) is 27.3 Å². The molecule has 2 aliphatic heterocycles. The highest BCUT2D eigenvalue weighted by Crippen LogP contribution is 2.31. The fraction of sp³-hybridized carbons (Fsp3) is 0.583. The number of hydrogen-bond donors (Lipinski definition) is 1. The third-order valence-electron chi connectivity index (χ3n) is 3.57. The maximum absolute atomic E-state index is 4.48. The maximum Gasteiger partial charge on any atom is 0.129 e. The lowest BCUT2D eigenvalue weighted by molar-refractivity contribution is 0.567. The minimum Gasteiger partial charge on any atom is -0.349 e. The van der Waals surface area contributed by atoms with Gasteiger partial charge in [0.1, 0.15) is 5.82 Å². The van der Waals surface area contributed by atoms with Gasteiger partial charge in [-0.2, -0.15) is 0 Å². The molecule has 0 saturated carbocycles. The summed E-state index contributed by atoms with van der Waals surface area (Å²) in [4.78, 5) is 7.01. The molecule has 0 aliphatic carbocycles. The van der Waals surface area contributed by atoms with E-state index in [4.69, 9.17) is 0 Å². The van der Waals surface area contributed by atoms with Crippen molar-refractivity contribution in [1.29, 1.82) is 0 Å². The zero-order valence-electron chi connectivity index (χ0n) is 8.89. The summed E-state index contributed by atoms with van der Waals surface area (Å²) in [5, 5.41) is 3.51. The standard InChI is InChI=1S/C12H17N3/c1-2-7-14-12(3-1)15-10-4-5-11(15)9-13-8-6-10/h1-3,7,10-11,13H,4-6,8-9H2. The first-order valence-corrected chi connectivity index (χ1v) is 5.85. The number of rotatable bonds is 1. The highest BCUT2D eigenvalue weighted by molar-refractivity contribution is 5.42. The Bertz CT molecular complexity index is 311. The second-order valence-electron chi connectivity index (χ2n) is 4.47. The lowest BCUT2D eigenvalue weighted by atomic mass is 10.1. The van der Waals surface area contributed by atoms with E-state index < -0.39 is 0 Å². The van der Waals surface area contributed by atoms with Gasteiger partial charge < -0.3 is 10.2 Å². The van der Waals surface area contributed by atoms with E-state index in [1.54, 1.807) is 0 Å². The molecule has 15 heavy (non-hydrogen) atoms. The molecule has 0 spiro atoms. The molecule has 2 aliphatic rings. The first kappa shape index (κ1) is 9.16. The van der Waals surface area contributed by atoms with Gasteiger partial charge in [-0.1, -0.05) is 6.07 Å². The van der Waals surface area contributed by atoms with Crippen LogP contribution >= 0.6 is 0 Å². The molecule has 0 amide bonds. The zero-order valence-corrected chi connectivity index (χ0v) is 8.89. The van der Waals surface area contributed by atoms with Gasteiger partial charge in [-0.25, -0.2) is 4.98 Å². The van der Waals surface area contributed by atoms with Crippen LogP contribution in [0.5, 0.6) is 0 Å². The van der Waals surface area contributed by atoms with E-state index in [1.165, 1.54) is 19.3 Å². The third-order valence-corrected chi connectivity index (χ3v) is 3.57. The van der Waals surface area contributed by atoms with Crippen LogP contribution < -0.4 is 10.2 Å². The molecule has 2 unspecified atom stereocenters. The van der Waals surface area contributed by atoms with Crippen LogP contribution in [0.2, 0.25) is 0 Å². The SMILES string of the molecule is c1ccc(N2C3CCNCC2CC3)nc1. The normalized spacial score (nSPS) is 30.3. The predicted molar refractivity (Wildman–Crippen MR) is 61.0 cm³/mol. The van der Waals surface area contributed by atoms with E-state index in [9.17, 15) is 0 Å². The van der Waals surface area contributed by atoms with Crippen molar-refractivity contribution in [2.45, 2.75) is 31.3 Å². The molecule has 3 rings (SSSR count). The summed E-state index contributed by atoms with van der Waals surface area (Å²) < 4.78 is 0. The minimum atomic E-state index is 0.660. The van der Waals surface area contributed by atoms with Gasteiger partial charge in [-0.15, -0.1) is 0 Å². The first-order chi connectivity index (χ1) is 7.45. The monoisotopic (exact) mass is 203 g/mol. The van der Waals surface area contributed by atoms with Crippen molar-refractivity contribution in [2.24, 2.45) is 0 Å². The number of aromatic nitrogens is 1. The summed E-state index contributed by atoms with van der Waals surface area (Å²) >= 11 is 0. The summed E-state index contributed by atoms with van der Waals surface area (Å²) in [5.41, 5.74) is 0. The zero-order chi connectivity index (χ0) is 10.1. The van der Waals surface area contributed by atoms with Crippen LogP contribution in [0.4, 0.5) is 5.82 Å². The molecule has 1 N–H and O–H groups in total. The Morgan fingerprint density at radius 3 is 3.00 bits per heavy atom. The fourth-order valence-electron chi connectivity index (χ4n) is 2.86. The average Bonchev–Trinajstić information content (AvgIpc) is 2.53. The molecule has 2 bridgehead atoms. The number of pyridine rings is 1. The first-order valence-electron chi connectivity index (χ1n) is 5.85. The Morgan fingerprint density at radius 1 is 1.20 bits per heavy atom. The summed E-state index contributed by atoms with van der Waals surface area (Å²) in [6.45, 7) is 2.28. The third kappa shape index (κ3) is 1.61. The second kappa shape index (κ2) is 3.81. The smallest absolute Gasteiger partial charge is 0.129 e. The van der Waals surface area contributed by atoms with Crippen molar-refractivity contribution < 1.29 is 0 Å². The maximum atomic E-state index is 4.48. The summed E-state index contributed by atoms with van der Waals surface area (Å²) in [5.74, 6) is 1.16. The molecule has 3 heteroatoms. The van der Waals surface area contributed by atoms with Gasteiger partial charge >= 0.3 is 0 Å². The topological polar surface area (TPSA) is 28.2 Å². The summed E-state index contributed by atoms with van der Waals surface area (Å²) in [6, 6.07) is 7.57. The van der Waals surface area contributed by atoms with Crippen molar-refractivity contribution in [1.82, 2.24) is 10.3 Å². The van der Waals surface area contributed by atoms with Crippen LogP contribution in [0, 0.1) is 0 Å². The van der Waals surface area contributed by atoms with Crippen molar-refractivity contribution in [3.63, 3.8) is 0 Å². The van der Waals surface area contributed by atoms with E-state index in [0.717, 1.165) is 18.9 Å². The Labute approximate surface area is 90.5 Å². The summed E-state index contributed by atoms with van der Waals surface area (Å²) in [7, 11) is 0. The van der Waals surface area contributed by atoms with Gasteiger partial charge in [-0.05, 0) is 37.9 Å². The molecule has 2 saturated heterocycles. The Hall–Kier alpha value is -1.09. The molecule has 1 aromatic rings. The van der Waals surface area contributed by atoms with Crippen LogP contribution in [0.1, 0.15) is 19.3 Å². The molecule has 2 fully saturated rings. The van der Waals surface area contributed by atoms with Crippen molar-refractivity contribution in [3.05, 3.63) is 24.4 Å². The lowest BCUT2D eigenvalue weighted by Crippen LogP contribution is -2.38. The van der Waals surface area contributed by atoms with Crippen molar-refractivity contribution in [2.75, 3.05) is 18.0 Å². The fourth-order valence-corrected chi connectivity index (χ4v) is 2.86. The van der Waals surface area contributed by atoms with Gasteiger partial charge in [0, 0.05) is 24.8 Å². The number of anilines is 1. The average molecular weight is 203 g/mol. The predicted octanol–water partition coefficient (Wildman–Crippen LogP) is 1.41. The quantitative estimate of drug-likeness (QED) is 0.748. The van der Waals surface area contributed by atoms with E-state index in [-0.39, 0.29) is 0 Å². The molecule has 1 aromatic heterocycles. The van der Waals surface area contributed by atoms with Crippen molar-refractivity contribution in [3.8, 4) is 0 Å². The molecule has 2 atom stereocenters. The van der Waals surface area contributed by atoms with Crippen LogP contribution in [-0.2, 0) is 0 Å². The largest absolute Gasteiger partial charge is 0.349 e. The Balaban J connectivity index is 1.91. The molecule has 0 radical (unpaired) electrons. The number of fused-ring (bicyclic) bond motifs is 2. The van der Waals surface area contributed by atoms with Crippen molar-refractivity contribution >= 4 is 5.82 Å². The highest BCUT2D eigenvalue weighted by atomic mass is 15.3. The van der Waals surface area contributed by atoms with E-state index in [1.807, 2.05) is 12.3 Å². The van der Waals surface area contributed by atoms with Gasteiger partial charge in [0.2, 0.25) is 0 Å². The Kier molecular flexibility index (Phi) is 2.33. The Morgan fingerprint density at radius 2 is 2.13 bits per heavy atom. The van der Waals surface area contributed by atoms with E-state index >= 15 is 0 Å². The molecule has 0 aromatic carbocycles. The minimum absolute atomic E-state index is 0.660. The van der Waals surface area contributed by atoms with Gasteiger partial charge in [0.05, 0.1) is 0 Å². The van der Waals surface area contributed by atoms with Gasteiger partial charge in [0.25, 0.3) is 0 Å². The second-order valence-corrected chi connectivity index (χ2v) is 4.47. The molecular formula is C12H17N3. The molecule has 3 heterocycles. The van der Waals surface area contributed by atoms with Crippen LogP contribution in [0.15, 0.2) is 24.4 Å².